The van der Waals surface area contributed by atoms with Crippen LogP contribution in [0.2, 0.25) is 0 Å². The van der Waals surface area contributed by atoms with Crippen molar-refractivity contribution in [2.45, 2.75) is 32.9 Å². The summed E-state index contributed by atoms with van der Waals surface area (Å²) in [5.41, 5.74) is 7.14. The first-order valence-electron chi connectivity index (χ1n) is 14.3. The molecule has 0 unspecified atom stereocenters. The van der Waals surface area contributed by atoms with Crippen LogP contribution >= 0.6 is 0 Å². The number of aromatic amines is 1. The number of aromatic nitrogens is 5. The summed E-state index contributed by atoms with van der Waals surface area (Å²) in [5.74, 6) is 0.170. The monoisotopic (exact) mass is 565 g/mol. The molecule has 214 valence electrons. The maximum absolute atomic E-state index is 13.9. The Balaban J connectivity index is 1.25. The molecule has 11 heteroatoms. The van der Waals surface area contributed by atoms with E-state index in [2.05, 4.69) is 30.6 Å². The predicted molar refractivity (Wildman–Crippen MR) is 160 cm³/mol. The van der Waals surface area contributed by atoms with Crippen molar-refractivity contribution in [3.05, 3.63) is 89.1 Å². The van der Waals surface area contributed by atoms with Crippen molar-refractivity contribution in [3.8, 4) is 11.3 Å². The van der Waals surface area contributed by atoms with Crippen LogP contribution in [0.1, 0.15) is 46.9 Å². The minimum atomic E-state index is -0.289. The molecule has 10 nitrogen and oxygen atoms in total. The highest BCUT2D eigenvalue weighted by atomic mass is 19.1. The van der Waals surface area contributed by atoms with Crippen LogP contribution < -0.4 is 20.4 Å². The highest BCUT2D eigenvalue weighted by molar-refractivity contribution is 6.05. The first-order chi connectivity index (χ1) is 20.4. The van der Waals surface area contributed by atoms with E-state index in [9.17, 15) is 9.18 Å². The molecule has 42 heavy (non-hydrogen) atoms. The third-order valence-corrected chi connectivity index (χ3v) is 8.02. The third kappa shape index (κ3) is 4.75. The zero-order valence-electron chi connectivity index (χ0n) is 23.6. The van der Waals surface area contributed by atoms with Gasteiger partial charge in [0.25, 0.3) is 5.91 Å². The third-order valence-electron chi connectivity index (χ3n) is 8.02. The molecular formula is C31H32FN9O. The molecule has 1 fully saturated rings. The highest BCUT2D eigenvalue weighted by Gasteiger charge is 2.28. The molecule has 2 aliphatic rings. The number of rotatable bonds is 6. The summed E-state index contributed by atoms with van der Waals surface area (Å²) in [6, 6.07) is 14.8. The largest absolute Gasteiger partial charge is 0.369 e. The Labute approximate surface area is 242 Å². The highest BCUT2D eigenvalue weighted by Crippen LogP contribution is 2.34. The number of amides is 1. The van der Waals surface area contributed by atoms with E-state index < -0.39 is 0 Å². The van der Waals surface area contributed by atoms with Crippen molar-refractivity contribution < 1.29 is 9.18 Å². The summed E-state index contributed by atoms with van der Waals surface area (Å²) in [7, 11) is 0. The van der Waals surface area contributed by atoms with Crippen molar-refractivity contribution in [2.75, 3.05) is 41.3 Å². The second-order valence-electron chi connectivity index (χ2n) is 11.1. The number of halogens is 1. The Morgan fingerprint density at radius 1 is 1.00 bits per heavy atom. The van der Waals surface area contributed by atoms with Gasteiger partial charge in [-0.3, -0.25) is 9.89 Å². The fourth-order valence-electron chi connectivity index (χ4n) is 5.87. The van der Waals surface area contributed by atoms with Gasteiger partial charge in [-0.2, -0.15) is 10.2 Å². The minimum absolute atomic E-state index is 0.0249. The van der Waals surface area contributed by atoms with E-state index >= 15 is 0 Å². The van der Waals surface area contributed by atoms with Crippen molar-refractivity contribution in [1.29, 1.82) is 0 Å². The molecule has 0 atom stereocenters. The number of hydrogen-bond donors (Lipinski definition) is 3. The van der Waals surface area contributed by atoms with Crippen LogP contribution in [0.15, 0.2) is 60.9 Å². The first kappa shape index (κ1) is 26.1. The lowest BCUT2D eigenvalue weighted by molar-refractivity contribution is 0.102. The van der Waals surface area contributed by atoms with Gasteiger partial charge in [-0.15, -0.1) is 0 Å². The summed E-state index contributed by atoms with van der Waals surface area (Å²) in [6.45, 7) is 9.08. The second-order valence-corrected chi connectivity index (χ2v) is 11.1. The number of piperazine rings is 1. The summed E-state index contributed by atoms with van der Waals surface area (Å²) in [5, 5.41) is 18.2. The van der Waals surface area contributed by atoms with Crippen LogP contribution in [0.25, 0.3) is 16.9 Å². The standard InChI is InChI=1S/C31H32FN9O/c1-19(2)28-29(31(42)36-24-5-7-25(8-6-24)39-11-9-33-10-12-39)38-41-26(22-15-34-35-16-22)14-27(37-30(28)41)40-17-20-3-4-23(32)13-21(20)18-40/h3-8,13-16,19,33H,9-12,17-18H2,1-2H3,(H,34,35)(H,36,42). The lowest BCUT2D eigenvalue weighted by atomic mass is 10.0. The molecule has 2 aliphatic heterocycles. The van der Waals surface area contributed by atoms with Gasteiger partial charge in [0.05, 0.1) is 11.9 Å². The van der Waals surface area contributed by atoms with Crippen molar-refractivity contribution >= 4 is 28.7 Å². The summed E-state index contributed by atoms with van der Waals surface area (Å²) in [6.07, 6.45) is 3.52. The molecule has 2 aromatic carbocycles. The van der Waals surface area contributed by atoms with Crippen LogP contribution in [0.4, 0.5) is 21.6 Å². The van der Waals surface area contributed by atoms with E-state index in [1.54, 1.807) is 23.0 Å². The first-order valence-corrected chi connectivity index (χ1v) is 14.3. The molecule has 1 amide bonds. The Kier molecular flexibility index (Phi) is 6.58. The Bertz CT molecular complexity index is 1760. The molecule has 0 bridgehead atoms. The van der Waals surface area contributed by atoms with Gasteiger partial charge >= 0.3 is 0 Å². The van der Waals surface area contributed by atoms with Gasteiger partial charge in [0, 0.05) is 74.0 Å². The molecule has 5 aromatic rings. The number of carbonyl (C=O) groups excluding carboxylic acids is 1. The number of nitrogens with one attached hydrogen (secondary N) is 3. The van der Waals surface area contributed by atoms with E-state index in [4.69, 9.17) is 10.1 Å². The van der Waals surface area contributed by atoms with Gasteiger partial charge in [0.1, 0.15) is 11.6 Å². The molecule has 5 heterocycles. The SMILES string of the molecule is CC(C)c1c(C(=O)Nc2ccc(N3CCNCC3)cc2)nn2c(-c3cn[nH]c3)cc(N3Cc4ccc(F)cc4C3)nc12. The average Bonchev–Trinajstić information content (AvgIpc) is 3.76. The minimum Gasteiger partial charge on any atom is -0.369 e. The van der Waals surface area contributed by atoms with E-state index in [0.29, 0.717) is 30.1 Å². The normalized spacial score (nSPS) is 15.0. The topological polar surface area (TPSA) is 106 Å². The molecular weight excluding hydrogens is 533 g/mol. The number of fused-ring (bicyclic) bond motifs is 2. The summed E-state index contributed by atoms with van der Waals surface area (Å²) < 4.78 is 15.7. The number of anilines is 3. The predicted octanol–water partition coefficient (Wildman–Crippen LogP) is 4.56. The van der Waals surface area contributed by atoms with Gasteiger partial charge in [-0.05, 0) is 53.4 Å². The molecule has 0 saturated carbocycles. The molecule has 0 aliphatic carbocycles. The van der Waals surface area contributed by atoms with Crippen LogP contribution in [-0.4, -0.2) is 56.9 Å². The Hall–Kier alpha value is -4.77. The number of hydrogen-bond acceptors (Lipinski definition) is 7. The maximum Gasteiger partial charge on any atom is 0.276 e. The molecule has 1 saturated heterocycles. The fourth-order valence-corrected chi connectivity index (χ4v) is 5.87. The Morgan fingerprint density at radius 3 is 2.52 bits per heavy atom. The molecule has 0 radical (unpaired) electrons. The average molecular weight is 566 g/mol. The van der Waals surface area contributed by atoms with Gasteiger partial charge in [-0.1, -0.05) is 19.9 Å². The van der Waals surface area contributed by atoms with Crippen LogP contribution in [0.5, 0.6) is 0 Å². The lowest BCUT2D eigenvalue weighted by Gasteiger charge is -2.29. The molecule has 7 rings (SSSR count). The van der Waals surface area contributed by atoms with Crippen LogP contribution in [-0.2, 0) is 13.1 Å². The lowest BCUT2D eigenvalue weighted by Crippen LogP contribution is -2.43. The molecule has 3 aromatic heterocycles. The smallest absolute Gasteiger partial charge is 0.276 e. The number of H-pyrrole nitrogens is 1. The van der Waals surface area contributed by atoms with E-state index in [1.165, 1.54) is 6.07 Å². The maximum atomic E-state index is 13.9. The van der Waals surface area contributed by atoms with E-state index in [-0.39, 0.29) is 17.6 Å². The number of benzene rings is 2. The van der Waals surface area contributed by atoms with Gasteiger partial charge < -0.3 is 20.4 Å². The van der Waals surface area contributed by atoms with Crippen LogP contribution in [0.3, 0.4) is 0 Å². The van der Waals surface area contributed by atoms with E-state index in [0.717, 1.165) is 65.6 Å². The van der Waals surface area contributed by atoms with Crippen molar-refractivity contribution in [3.63, 3.8) is 0 Å². The zero-order chi connectivity index (χ0) is 28.8. The number of carbonyl (C=O) groups is 1. The van der Waals surface area contributed by atoms with Crippen molar-refractivity contribution in [2.24, 2.45) is 0 Å². The zero-order valence-corrected chi connectivity index (χ0v) is 23.6. The molecule has 0 spiro atoms. The summed E-state index contributed by atoms with van der Waals surface area (Å²) >= 11 is 0. The Morgan fingerprint density at radius 2 is 1.79 bits per heavy atom. The number of nitrogens with zero attached hydrogens (tertiary/aromatic N) is 6. The van der Waals surface area contributed by atoms with E-state index in [1.807, 2.05) is 50.2 Å². The van der Waals surface area contributed by atoms with Crippen LogP contribution in [0, 0.1) is 5.82 Å². The second kappa shape index (κ2) is 10.6. The quantitative estimate of drug-likeness (QED) is 0.277. The van der Waals surface area contributed by atoms with Gasteiger partial charge in [0.15, 0.2) is 11.3 Å². The van der Waals surface area contributed by atoms with Crippen molar-refractivity contribution in [1.82, 2.24) is 30.1 Å². The molecule has 3 N–H and O–H groups in total. The fraction of sp³-hybridized carbons (Fsp3) is 0.290. The van der Waals surface area contributed by atoms with Gasteiger partial charge in [-0.25, -0.2) is 13.9 Å². The van der Waals surface area contributed by atoms with Gasteiger partial charge in [0.2, 0.25) is 0 Å². The summed E-state index contributed by atoms with van der Waals surface area (Å²) in [4.78, 5) is 23.2.